The molecule has 1 N–H and O–H groups in total. The maximum Gasteiger partial charge on any atom is 0.328 e. The lowest BCUT2D eigenvalue weighted by molar-refractivity contribution is -0.119. The van der Waals surface area contributed by atoms with Gasteiger partial charge in [-0.1, -0.05) is 24.6 Å². The Morgan fingerprint density at radius 1 is 1.62 bits per heavy atom. The van der Waals surface area contributed by atoms with Crippen LogP contribution in [0.3, 0.4) is 0 Å². The molecule has 1 atom stereocenters. The average Bonchev–Trinajstić information content (AvgIpc) is 2.64. The average molecular weight is 223 g/mol. The maximum absolute atomic E-state index is 11.7. The lowest BCUT2D eigenvalue weighted by Gasteiger charge is -2.08. The second-order valence-corrected chi connectivity index (χ2v) is 3.92. The lowest BCUT2D eigenvalue weighted by Crippen LogP contribution is -2.20. The van der Waals surface area contributed by atoms with Crippen molar-refractivity contribution < 1.29 is 9.32 Å². The molecule has 88 valence electrons. The van der Waals surface area contributed by atoms with E-state index in [9.17, 15) is 4.79 Å². The Labute approximate surface area is 94.9 Å². The first-order valence-corrected chi connectivity index (χ1v) is 5.30. The predicted octanol–water partition coefficient (Wildman–Crippen LogP) is 2.17. The van der Waals surface area contributed by atoms with Gasteiger partial charge in [-0.05, 0) is 13.3 Å². The van der Waals surface area contributed by atoms with Crippen LogP contribution in [-0.2, 0) is 11.2 Å². The van der Waals surface area contributed by atoms with E-state index in [4.69, 9.17) is 4.52 Å². The number of aryl methyl sites for hydroxylation is 1. The highest BCUT2D eigenvalue weighted by atomic mass is 16.5. The number of carbonyl (C=O) groups is 1. The van der Waals surface area contributed by atoms with Crippen molar-refractivity contribution in [3.05, 3.63) is 18.0 Å². The van der Waals surface area contributed by atoms with Crippen molar-refractivity contribution in [3.8, 4) is 0 Å². The second-order valence-electron chi connectivity index (χ2n) is 3.92. The third-order valence-corrected chi connectivity index (χ3v) is 2.12. The van der Waals surface area contributed by atoms with Crippen LogP contribution in [0.1, 0.15) is 33.0 Å². The van der Waals surface area contributed by atoms with Crippen LogP contribution in [-0.4, -0.2) is 16.0 Å². The molecule has 0 saturated heterocycles. The van der Waals surface area contributed by atoms with Crippen LogP contribution in [0, 0.1) is 5.92 Å². The molecule has 1 amide bonds. The fourth-order valence-electron chi connectivity index (χ4n) is 1.29. The zero-order valence-electron chi connectivity index (χ0n) is 9.91. The van der Waals surface area contributed by atoms with Crippen molar-refractivity contribution in [2.24, 2.45) is 5.92 Å². The van der Waals surface area contributed by atoms with E-state index in [0.717, 1.165) is 5.57 Å². The van der Waals surface area contributed by atoms with Crippen molar-refractivity contribution in [1.82, 2.24) is 10.1 Å². The van der Waals surface area contributed by atoms with E-state index in [1.807, 2.05) is 20.8 Å². The Morgan fingerprint density at radius 2 is 2.31 bits per heavy atom. The van der Waals surface area contributed by atoms with E-state index < -0.39 is 0 Å². The topological polar surface area (TPSA) is 68.0 Å². The monoisotopic (exact) mass is 223 g/mol. The number of anilines is 1. The molecular weight excluding hydrogens is 206 g/mol. The molecule has 1 aromatic heterocycles. The van der Waals surface area contributed by atoms with E-state index in [2.05, 4.69) is 22.0 Å². The molecule has 1 aromatic rings. The smallest absolute Gasteiger partial charge is 0.315 e. The number of aromatic nitrogens is 2. The minimum atomic E-state index is -0.144. The quantitative estimate of drug-likeness (QED) is 0.777. The third-order valence-electron chi connectivity index (χ3n) is 2.12. The van der Waals surface area contributed by atoms with Gasteiger partial charge in [0.25, 0.3) is 0 Å². The molecule has 0 spiro atoms. The molecule has 5 heteroatoms. The number of nitrogens with zero attached hydrogens (tertiary/aromatic N) is 2. The van der Waals surface area contributed by atoms with Crippen molar-refractivity contribution in [2.45, 2.75) is 33.6 Å². The van der Waals surface area contributed by atoms with E-state index >= 15 is 0 Å². The zero-order chi connectivity index (χ0) is 12.1. The highest BCUT2D eigenvalue weighted by molar-refractivity contribution is 5.90. The molecule has 5 nitrogen and oxygen atoms in total. The van der Waals surface area contributed by atoms with Crippen LogP contribution in [0.25, 0.3) is 0 Å². The van der Waals surface area contributed by atoms with Crippen LogP contribution in [0.15, 0.2) is 16.7 Å². The molecule has 0 radical (unpaired) electrons. The lowest BCUT2D eigenvalue weighted by atomic mass is 10.0. The number of carbonyl (C=O) groups excluding carboxylic acids is 1. The number of hydrogen-bond acceptors (Lipinski definition) is 4. The normalized spacial score (nSPS) is 12.2. The Morgan fingerprint density at radius 3 is 2.81 bits per heavy atom. The van der Waals surface area contributed by atoms with Crippen molar-refractivity contribution in [1.29, 1.82) is 0 Å². The number of allylic oxidation sites excluding steroid dienone is 1. The van der Waals surface area contributed by atoms with Gasteiger partial charge >= 0.3 is 6.01 Å². The highest BCUT2D eigenvalue weighted by Gasteiger charge is 2.15. The van der Waals surface area contributed by atoms with Gasteiger partial charge < -0.3 is 4.52 Å². The Balaban J connectivity index is 2.53. The molecule has 0 fully saturated rings. The highest BCUT2D eigenvalue weighted by Crippen LogP contribution is 2.12. The minimum absolute atomic E-state index is 0.130. The Hall–Kier alpha value is -1.65. The van der Waals surface area contributed by atoms with Crippen LogP contribution < -0.4 is 5.32 Å². The number of rotatable bonds is 5. The van der Waals surface area contributed by atoms with Gasteiger partial charge in [0.1, 0.15) is 0 Å². The summed E-state index contributed by atoms with van der Waals surface area (Å²) in [7, 11) is 0. The van der Waals surface area contributed by atoms with Gasteiger partial charge in [0.2, 0.25) is 5.91 Å². The van der Waals surface area contributed by atoms with E-state index in [1.165, 1.54) is 0 Å². The Bertz CT molecular complexity index is 384. The van der Waals surface area contributed by atoms with Gasteiger partial charge in [0.15, 0.2) is 5.82 Å². The summed E-state index contributed by atoms with van der Waals surface area (Å²) in [5.41, 5.74) is 0.974. The molecule has 0 aliphatic heterocycles. The minimum Gasteiger partial charge on any atom is -0.315 e. The summed E-state index contributed by atoms with van der Waals surface area (Å²) in [6.07, 6.45) is 1.33. The maximum atomic E-state index is 11.7. The van der Waals surface area contributed by atoms with Crippen LogP contribution >= 0.6 is 0 Å². The summed E-state index contributed by atoms with van der Waals surface area (Å²) in [6, 6.07) is 0.162. The van der Waals surface area contributed by atoms with Gasteiger partial charge in [-0.15, -0.1) is 6.58 Å². The molecule has 1 unspecified atom stereocenters. The van der Waals surface area contributed by atoms with Crippen molar-refractivity contribution in [2.75, 3.05) is 5.32 Å². The summed E-state index contributed by atoms with van der Waals surface area (Å²) in [5.74, 6) is 0.312. The van der Waals surface area contributed by atoms with Gasteiger partial charge in [-0.2, -0.15) is 4.98 Å². The second kappa shape index (κ2) is 5.44. The fraction of sp³-hybridized carbons (Fsp3) is 0.545. The first-order chi connectivity index (χ1) is 7.52. The van der Waals surface area contributed by atoms with E-state index in [1.54, 1.807) is 0 Å². The van der Waals surface area contributed by atoms with Crippen LogP contribution in [0.4, 0.5) is 6.01 Å². The molecule has 0 aromatic carbocycles. The van der Waals surface area contributed by atoms with Gasteiger partial charge in [0, 0.05) is 12.3 Å². The number of nitrogens with one attached hydrogen (secondary N) is 1. The summed E-state index contributed by atoms with van der Waals surface area (Å²) in [5, 5.41) is 6.27. The standard InChI is InChI=1S/C11H17N3O2/c1-5-9-12-11(16-14-9)13-10(15)8(4)6-7(2)3/h8H,2,5-6H2,1,3-4H3,(H,12,13,14,15). The van der Waals surface area contributed by atoms with Gasteiger partial charge in [0.05, 0.1) is 0 Å². The third kappa shape index (κ3) is 3.49. The van der Waals surface area contributed by atoms with E-state index in [0.29, 0.717) is 18.7 Å². The molecule has 1 rings (SSSR count). The fourth-order valence-corrected chi connectivity index (χ4v) is 1.29. The van der Waals surface area contributed by atoms with Gasteiger partial charge in [-0.25, -0.2) is 0 Å². The van der Waals surface area contributed by atoms with Crippen LogP contribution in [0.5, 0.6) is 0 Å². The van der Waals surface area contributed by atoms with Crippen LogP contribution in [0.2, 0.25) is 0 Å². The number of amides is 1. The van der Waals surface area contributed by atoms with Gasteiger partial charge in [-0.3, -0.25) is 10.1 Å². The summed E-state index contributed by atoms with van der Waals surface area (Å²) in [6.45, 7) is 9.42. The SMILES string of the molecule is C=C(C)CC(C)C(=O)Nc1nc(CC)no1. The first kappa shape index (κ1) is 12.4. The molecule has 0 aliphatic rings. The largest absolute Gasteiger partial charge is 0.328 e. The summed E-state index contributed by atoms with van der Waals surface area (Å²) in [4.78, 5) is 15.7. The molecule has 0 saturated carbocycles. The molecule has 0 aliphatic carbocycles. The molecule has 1 heterocycles. The van der Waals surface area contributed by atoms with Crippen molar-refractivity contribution >= 4 is 11.9 Å². The number of hydrogen-bond donors (Lipinski definition) is 1. The summed E-state index contributed by atoms with van der Waals surface area (Å²) < 4.78 is 4.87. The predicted molar refractivity (Wildman–Crippen MR) is 60.9 cm³/mol. The zero-order valence-corrected chi connectivity index (χ0v) is 9.91. The van der Waals surface area contributed by atoms with E-state index in [-0.39, 0.29) is 17.8 Å². The molecule has 16 heavy (non-hydrogen) atoms. The summed E-state index contributed by atoms with van der Waals surface area (Å²) >= 11 is 0. The first-order valence-electron chi connectivity index (χ1n) is 5.30. The molecular formula is C11H17N3O2. The van der Waals surface area contributed by atoms with Crippen molar-refractivity contribution in [3.63, 3.8) is 0 Å². The Kier molecular flexibility index (Phi) is 4.22. The molecule has 0 bridgehead atoms.